The number of benzene rings is 3. The van der Waals surface area contributed by atoms with Gasteiger partial charge in [0.05, 0.1) is 7.11 Å². The molecule has 0 amide bonds. The van der Waals surface area contributed by atoms with Crippen LogP contribution >= 0.6 is 0 Å². The van der Waals surface area contributed by atoms with Crippen molar-refractivity contribution in [1.82, 2.24) is 0 Å². The highest BCUT2D eigenvalue weighted by Gasteiger charge is 2.17. The van der Waals surface area contributed by atoms with E-state index in [1.165, 1.54) is 6.92 Å². The van der Waals surface area contributed by atoms with E-state index < -0.39 is 11.9 Å². The average molecular weight is 350 g/mol. The quantitative estimate of drug-likeness (QED) is 0.511. The maximum absolute atomic E-state index is 12.6. The summed E-state index contributed by atoms with van der Waals surface area (Å²) in [4.78, 5) is 24.0. The Kier molecular flexibility index (Phi) is 5.17. The van der Waals surface area contributed by atoms with Crippen LogP contribution in [0.15, 0.2) is 60.7 Å². The van der Waals surface area contributed by atoms with Gasteiger partial charge < -0.3 is 14.2 Å². The van der Waals surface area contributed by atoms with Gasteiger partial charge in [-0.3, -0.25) is 4.79 Å². The summed E-state index contributed by atoms with van der Waals surface area (Å²) >= 11 is 0. The van der Waals surface area contributed by atoms with Crippen molar-refractivity contribution in [3.63, 3.8) is 0 Å². The third kappa shape index (κ3) is 4.00. The second kappa shape index (κ2) is 7.70. The van der Waals surface area contributed by atoms with Gasteiger partial charge in [-0.05, 0) is 40.6 Å². The zero-order chi connectivity index (χ0) is 18.5. The van der Waals surface area contributed by atoms with E-state index in [1.54, 1.807) is 31.4 Å². The van der Waals surface area contributed by atoms with Crippen molar-refractivity contribution in [1.29, 1.82) is 0 Å². The van der Waals surface area contributed by atoms with Gasteiger partial charge in [0.25, 0.3) is 0 Å². The monoisotopic (exact) mass is 350 g/mol. The first-order chi connectivity index (χ1) is 12.6. The zero-order valence-corrected chi connectivity index (χ0v) is 14.5. The summed E-state index contributed by atoms with van der Waals surface area (Å²) in [5.74, 6) is -0.223. The Bertz CT molecular complexity index is 947. The van der Waals surface area contributed by atoms with Gasteiger partial charge in [0.2, 0.25) is 0 Å². The number of rotatable bonds is 5. The van der Waals surface area contributed by atoms with E-state index in [1.807, 2.05) is 36.4 Å². The van der Waals surface area contributed by atoms with E-state index in [0.29, 0.717) is 5.75 Å². The minimum Gasteiger partial charge on any atom is -0.497 e. The predicted octanol–water partition coefficient (Wildman–Crippen LogP) is 4.13. The molecule has 0 radical (unpaired) electrons. The van der Waals surface area contributed by atoms with Gasteiger partial charge in [-0.15, -0.1) is 0 Å². The summed E-state index contributed by atoms with van der Waals surface area (Å²) in [7, 11) is 1.57. The number of carbonyl (C=O) groups excluding carboxylic acids is 2. The van der Waals surface area contributed by atoms with Gasteiger partial charge in [0.1, 0.15) is 23.7 Å². The van der Waals surface area contributed by atoms with Crippen LogP contribution in [-0.2, 0) is 16.1 Å². The Balaban J connectivity index is 1.94. The number of esters is 2. The fourth-order valence-corrected chi connectivity index (χ4v) is 2.58. The lowest BCUT2D eigenvalue weighted by molar-refractivity contribution is -0.131. The van der Waals surface area contributed by atoms with Crippen molar-refractivity contribution in [2.45, 2.75) is 13.5 Å². The molecule has 3 rings (SSSR count). The van der Waals surface area contributed by atoms with Crippen molar-refractivity contribution in [3.8, 4) is 11.5 Å². The molecule has 0 aliphatic rings. The molecule has 132 valence electrons. The standard InChI is InChI=1S/C21H18O5/c1-14(22)26-20-12-16-8-9-18(24-2)10-17(16)11-19(20)21(23)25-13-15-6-4-3-5-7-15/h3-12H,13H2,1-2H3. The Morgan fingerprint density at radius 3 is 2.38 bits per heavy atom. The minimum atomic E-state index is -0.560. The van der Waals surface area contributed by atoms with E-state index in [9.17, 15) is 9.59 Å². The zero-order valence-electron chi connectivity index (χ0n) is 14.5. The highest BCUT2D eigenvalue weighted by Crippen LogP contribution is 2.29. The molecule has 0 atom stereocenters. The van der Waals surface area contributed by atoms with Crippen molar-refractivity contribution >= 4 is 22.7 Å². The Hall–Kier alpha value is -3.34. The number of carbonyl (C=O) groups is 2. The molecule has 0 unspecified atom stereocenters. The lowest BCUT2D eigenvalue weighted by Crippen LogP contribution is -2.10. The molecule has 0 aromatic heterocycles. The van der Waals surface area contributed by atoms with E-state index in [-0.39, 0.29) is 17.9 Å². The first-order valence-electron chi connectivity index (χ1n) is 8.08. The van der Waals surface area contributed by atoms with Crippen molar-refractivity contribution in [3.05, 3.63) is 71.8 Å². The summed E-state index contributed by atoms with van der Waals surface area (Å²) in [6.07, 6.45) is 0. The Labute approximate surface area is 151 Å². The fraction of sp³-hybridized carbons (Fsp3) is 0.143. The molecule has 0 saturated carbocycles. The third-order valence-corrected chi connectivity index (χ3v) is 3.83. The molecule has 26 heavy (non-hydrogen) atoms. The number of fused-ring (bicyclic) bond motifs is 1. The molecule has 0 bridgehead atoms. The van der Waals surface area contributed by atoms with Crippen LogP contribution in [0.1, 0.15) is 22.8 Å². The van der Waals surface area contributed by atoms with Crippen LogP contribution in [0.25, 0.3) is 10.8 Å². The van der Waals surface area contributed by atoms with Crippen LogP contribution in [0.2, 0.25) is 0 Å². The number of hydrogen-bond acceptors (Lipinski definition) is 5. The van der Waals surface area contributed by atoms with Gasteiger partial charge >= 0.3 is 11.9 Å². The first-order valence-corrected chi connectivity index (χ1v) is 8.08. The maximum Gasteiger partial charge on any atom is 0.342 e. The summed E-state index contributed by atoms with van der Waals surface area (Å²) in [6, 6.07) is 18.1. The van der Waals surface area contributed by atoms with Crippen LogP contribution in [0.4, 0.5) is 0 Å². The van der Waals surface area contributed by atoms with Crippen LogP contribution in [0, 0.1) is 0 Å². The highest BCUT2D eigenvalue weighted by atomic mass is 16.5. The van der Waals surface area contributed by atoms with Crippen molar-refractivity contribution < 1.29 is 23.8 Å². The topological polar surface area (TPSA) is 61.8 Å². The fourth-order valence-electron chi connectivity index (χ4n) is 2.58. The van der Waals surface area contributed by atoms with E-state index in [4.69, 9.17) is 14.2 Å². The molecule has 0 fully saturated rings. The second-order valence-electron chi connectivity index (χ2n) is 5.72. The number of hydrogen-bond donors (Lipinski definition) is 0. The van der Waals surface area contributed by atoms with Gasteiger partial charge in [-0.25, -0.2) is 4.79 Å². The van der Waals surface area contributed by atoms with Gasteiger partial charge in [0.15, 0.2) is 0 Å². The SMILES string of the molecule is COc1ccc2cc(OC(C)=O)c(C(=O)OCc3ccccc3)cc2c1. The highest BCUT2D eigenvalue weighted by molar-refractivity contribution is 5.99. The lowest BCUT2D eigenvalue weighted by atomic mass is 10.1. The molecule has 3 aromatic rings. The predicted molar refractivity (Wildman–Crippen MR) is 97.4 cm³/mol. The molecule has 0 aliphatic heterocycles. The average Bonchev–Trinajstić information content (AvgIpc) is 2.65. The third-order valence-electron chi connectivity index (χ3n) is 3.83. The summed E-state index contributed by atoms with van der Waals surface area (Å²) in [5.41, 5.74) is 1.06. The van der Waals surface area contributed by atoms with E-state index >= 15 is 0 Å². The molecule has 0 N–H and O–H groups in total. The van der Waals surface area contributed by atoms with E-state index in [2.05, 4.69) is 0 Å². The van der Waals surface area contributed by atoms with Gasteiger partial charge in [0, 0.05) is 6.92 Å². The molecule has 0 spiro atoms. The van der Waals surface area contributed by atoms with Crippen molar-refractivity contribution in [2.24, 2.45) is 0 Å². The van der Waals surface area contributed by atoms with E-state index in [0.717, 1.165) is 16.3 Å². The molecule has 0 saturated heterocycles. The molecule has 0 aliphatic carbocycles. The normalized spacial score (nSPS) is 10.4. The molecule has 5 nitrogen and oxygen atoms in total. The summed E-state index contributed by atoms with van der Waals surface area (Å²) in [5, 5.41) is 1.61. The largest absolute Gasteiger partial charge is 0.497 e. The smallest absolute Gasteiger partial charge is 0.342 e. The Morgan fingerprint density at radius 2 is 1.69 bits per heavy atom. The van der Waals surface area contributed by atoms with Crippen LogP contribution < -0.4 is 9.47 Å². The maximum atomic E-state index is 12.6. The molecule has 5 heteroatoms. The molecular weight excluding hydrogens is 332 g/mol. The molecule has 0 heterocycles. The summed E-state index contributed by atoms with van der Waals surface area (Å²) < 4.78 is 15.8. The lowest BCUT2D eigenvalue weighted by Gasteiger charge is -2.12. The van der Waals surface area contributed by atoms with Crippen LogP contribution in [0.3, 0.4) is 0 Å². The first kappa shape index (κ1) is 17.5. The van der Waals surface area contributed by atoms with Gasteiger partial charge in [-0.2, -0.15) is 0 Å². The molecular formula is C21H18O5. The van der Waals surface area contributed by atoms with Crippen molar-refractivity contribution in [2.75, 3.05) is 7.11 Å². The number of ether oxygens (including phenoxy) is 3. The summed E-state index contributed by atoms with van der Waals surface area (Å²) in [6.45, 7) is 1.42. The number of methoxy groups -OCH3 is 1. The second-order valence-corrected chi connectivity index (χ2v) is 5.72. The Morgan fingerprint density at radius 1 is 0.923 bits per heavy atom. The minimum absolute atomic E-state index is 0.134. The molecule has 3 aromatic carbocycles. The van der Waals surface area contributed by atoms with Crippen LogP contribution in [-0.4, -0.2) is 19.0 Å². The van der Waals surface area contributed by atoms with Crippen LogP contribution in [0.5, 0.6) is 11.5 Å². The van der Waals surface area contributed by atoms with Gasteiger partial charge in [-0.1, -0.05) is 36.4 Å².